The Morgan fingerprint density at radius 3 is 2.78 bits per heavy atom. The molecule has 0 spiro atoms. The van der Waals surface area contributed by atoms with E-state index in [-0.39, 0.29) is 12.1 Å². The Balaban J connectivity index is 2.16. The molecule has 0 aromatic heterocycles. The van der Waals surface area contributed by atoms with E-state index in [1.165, 1.54) is 0 Å². The number of rotatable bonds is 7. The van der Waals surface area contributed by atoms with Crippen LogP contribution in [0.4, 0.5) is 0 Å². The molecule has 2 unspecified atom stereocenters. The summed E-state index contributed by atoms with van der Waals surface area (Å²) in [6.45, 7) is 4.37. The highest BCUT2D eigenvalue weighted by molar-refractivity contribution is 4.79. The lowest BCUT2D eigenvalue weighted by Crippen LogP contribution is -2.38. The Morgan fingerprint density at radius 1 is 1.50 bits per heavy atom. The van der Waals surface area contributed by atoms with E-state index in [0.29, 0.717) is 19.6 Å². The minimum absolute atomic E-state index is 0.160. The Labute approximate surface area is 109 Å². The third-order valence-electron chi connectivity index (χ3n) is 3.33. The smallest absolute Gasteiger partial charge is 0.0900 e. The summed E-state index contributed by atoms with van der Waals surface area (Å²) in [7, 11) is 1.92. The third-order valence-corrected chi connectivity index (χ3v) is 3.33. The van der Waals surface area contributed by atoms with Crippen molar-refractivity contribution >= 4 is 0 Å². The van der Waals surface area contributed by atoms with E-state index in [1.54, 1.807) is 0 Å². The van der Waals surface area contributed by atoms with Gasteiger partial charge in [0.15, 0.2) is 0 Å². The van der Waals surface area contributed by atoms with Crippen LogP contribution in [0, 0.1) is 11.3 Å². The van der Waals surface area contributed by atoms with Crippen molar-refractivity contribution in [1.29, 1.82) is 5.26 Å². The van der Waals surface area contributed by atoms with Gasteiger partial charge in [0.1, 0.15) is 0 Å². The number of hydrogen-bond donors (Lipinski definition) is 1. The first-order valence-corrected chi connectivity index (χ1v) is 6.58. The molecule has 1 aliphatic heterocycles. The average molecular weight is 256 g/mol. The molecule has 0 bridgehead atoms. The first kappa shape index (κ1) is 15.4. The number of aliphatic hydroxyl groups excluding tert-OH is 1. The summed E-state index contributed by atoms with van der Waals surface area (Å²) in [6, 6.07) is 2.30. The number of nitriles is 1. The second-order valence-electron chi connectivity index (χ2n) is 4.95. The number of nitrogens with zero attached hydrogens (tertiary/aromatic N) is 2. The largest absolute Gasteiger partial charge is 0.389 e. The maximum absolute atomic E-state index is 9.89. The summed E-state index contributed by atoms with van der Waals surface area (Å²) in [5, 5.41) is 18.5. The molecule has 0 aromatic carbocycles. The van der Waals surface area contributed by atoms with Crippen molar-refractivity contribution in [3.8, 4) is 6.07 Å². The van der Waals surface area contributed by atoms with Crippen LogP contribution >= 0.6 is 0 Å². The predicted octanol–water partition coefficient (Wildman–Crippen LogP) is 0.777. The van der Waals surface area contributed by atoms with Gasteiger partial charge in [0.2, 0.25) is 0 Å². The molecule has 18 heavy (non-hydrogen) atoms. The van der Waals surface area contributed by atoms with Gasteiger partial charge in [-0.25, -0.2) is 0 Å². The lowest BCUT2D eigenvalue weighted by molar-refractivity contribution is -0.0643. The quantitative estimate of drug-likeness (QED) is 0.729. The van der Waals surface area contributed by atoms with E-state index in [1.807, 2.05) is 18.9 Å². The van der Waals surface area contributed by atoms with Crippen LogP contribution < -0.4 is 0 Å². The fraction of sp³-hybridized carbons (Fsp3) is 0.923. The van der Waals surface area contributed by atoms with E-state index in [0.717, 1.165) is 26.1 Å². The highest BCUT2D eigenvalue weighted by Crippen LogP contribution is 2.11. The van der Waals surface area contributed by atoms with Crippen LogP contribution in [0.5, 0.6) is 0 Å². The van der Waals surface area contributed by atoms with Gasteiger partial charge in [0, 0.05) is 25.8 Å². The number of likely N-dealkylation sites (N-methyl/N-ethyl adjacent to an activating group) is 1. The van der Waals surface area contributed by atoms with Crippen molar-refractivity contribution in [2.45, 2.75) is 44.4 Å². The summed E-state index contributed by atoms with van der Waals surface area (Å²) in [5.74, 6) is 0. The fourth-order valence-corrected chi connectivity index (χ4v) is 1.94. The number of ether oxygens (including phenoxy) is 2. The molecule has 0 saturated carbocycles. The summed E-state index contributed by atoms with van der Waals surface area (Å²) in [6.07, 6.45) is 2.01. The van der Waals surface area contributed by atoms with E-state index < -0.39 is 6.10 Å². The molecule has 5 nitrogen and oxygen atoms in total. The molecule has 104 valence electrons. The van der Waals surface area contributed by atoms with E-state index in [9.17, 15) is 5.11 Å². The fourth-order valence-electron chi connectivity index (χ4n) is 1.94. The SMILES string of the molecule is CC(CC#N)N(C)CC(O)COC1CCOCC1. The van der Waals surface area contributed by atoms with Gasteiger partial charge in [-0.1, -0.05) is 0 Å². The van der Waals surface area contributed by atoms with Gasteiger partial charge < -0.3 is 19.5 Å². The molecule has 0 amide bonds. The van der Waals surface area contributed by atoms with Crippen molar-refractivity contribution in [2.75, 3.05) is 33.4 Å². The molecule has 0 radical (unpaired) electrons. The van der Waals surface area contributed by atoms with E-state index in [2.05, 4.69) is 6.07 Å². The molecule has 1 heterocycles. The second-order valence-corrected chi connectivity index (χ2v) is 4.95. The van der Waals surface area contributed by atoms with Crippen molar-refractivity contribution in [1.82, 2.24) is 4.90 Å². The van der Waals surface area contributed by atoms with Crippen molar-refractivity contribution < 1.29 is 14.6 Å². The number of hydrogen-bond acceptors (Lipinski definition) is 5. The highest BCUT2D eigenvalue weighted by Gasteiger charge is 2.18. The predicted molar refractivity (Wildman–Crippen MR) is 68.1 cm³/mol. The van der Waals surface area contributed by atoms with Gasteiger partial charge >= 0.3 is 0 Å². The van der Waals surface area contributed by atoms with Crippen LogP contribution in [-0.4, -0.2) is 61.7 Å². The Morgan fingerprint density at radius 2 is 2.17 bits per heavy atom. The lowest BCUT2D eigenvalue weighted by atomic mass is 10.1. The zero-order chi connectivity index (χ0) is 13.4. The van der Waals surface area contributed by atoms with Crippen molar-refractivity contribution in [3.63, 3.8) is 0 Å². The van der Waals surface area contributed by atoms with Gasteiger partial charge in [-0.05, 0) is 26.8 Å². The third kappa shape index (κ3) is 5.78. The van der Waals surface area contributed by atoms with Crippen LogP contribution in [0.25, 0.3) is 0 Å². The Hall–Kier alpha value is -0.670. The lowest BCUT2D eigenvalue weighted by Gasteiger charge is -2.27. The van der Waals surface area contributed by atoms with Gasteiger partial charge in [0.05, 0.1) is 31.3 Å². The Bertz CT molecular complexity index is 261. The van der Waals surface area contributed by atoms with Crippen LogP contribution in [0.15, 0.2) is 0 Å². The molecule has 0 aromatic rings. The first-order chi connectivity index (χ1) is 8.63. The molecule has 1 N–H and O–H groups in total. The molecular weight excluding hydrogens is 232 g/mol. The molecule has 1 rings (SSSR count). The summed E-state index contributed by atoms with van der Waals surface area (Å²) < 4.78 is 10.9. The summed E-state index contributed by atoms with van der Waals surface area (Å²) >= 11 is 0. The van der Waals surface area contributed by atoms with E-state index in [4.69, 9.17) is 14.7 Å². The summed E-state index contributed by atoms with van der Waals surface area (Å²) in [4.78, 5) is 1.99. The minimum atomic E-state index is -0.501. The molecule has 0 aliphatic carbocycles. The monoisotopic (exact) mass is 256 g/mol. The van der Waals surface area contributed by atoms with Gasteiger partial charge in [0.25, 0.3) is 0 Å². The van der Waals surface area contributed by atoms with Crippen LogP contribution in [0.1, 0.15) is 26.2 Å². The standard InChI is InChI=1S/C13H24N2O3/c1-11(3-6-14)15(2)9-12(16)10-18-13-4-7-17-8-5-13/h11-13,16H,3-5,7-10H2,1-2H3. The molecule has 5 heteroatoms. The Kier molecular flexibility index (Phi) is 7.21. The maximum atomic E-state index is 9.89. The molecule has 2 atom stereocenters. The number of aliphatic hydroxyl groups is 1. The molecule has 1 saturated heterocycles. The van der Waals surface area contributed by atoms with Crippen molar-refractivity contribution in [3.05, 3.63) is 0 Å². The zero-order valence-electron chi connectivity index (χ0n) is 11.3. The van der Waals surface area contributed by atoms with E-state index >= 15 is 0 Å². The minimum Gasteiger partial charge on any atom is -0.389 e. The van der Waals surface area contributed by atoms with Gasteiger partial charge in [-0.15, -0.1) is 0 Å². The first-order valence-electron chi connectivity index (χ1n) is 6.58. The molecule has 1 aliphatic rings. The van der Waals surface area contributed by atoms with Gasteiger partial charge in [-0.2, -0.15) is 5.26 Å². The summed E-state index contributed by atoms with van der Waals surface area (Å²) in [5.41, 5.74) is 0. The van der Waals surface area contributed by atoms with Gasteiger partial charge in [-0.3, -0.25) is 0 Å². The normalized spacial score (nSPS) is 20.6. The van der Waals surface area contributed by atoms with Crippen LogP contribution in [-0.2, 0) is 9.47 Å². The van der Waals surface area contributed by atoms with Crippen LogP contribution in [0.3, 0.4) is 0 Å². The highest BCUT2D eigenvalue weighted by atomic mass is 16.5. The second kappa shape index (κ2) is 8.44. The average Bonchev–Trinajstić information content (AvgIpc) is 2.38. The molecular formula is C13H24N2O3. The topological polar surface area (TPSA) is 65.7 Å². The molecule has 1 fully saturated rings. The van der Waals surface area contributed by atoms with Crippen LogP contribution in [0.2, 0.25) is 0 Å². The van der Waals surface area contributed by atoms with Crippen molar-refractivity contribution in [2.24, 2.45) is 0 Å². The zero-order valence-corrected chi connectivity index (χ0v) is 11.3. The maximum Gasteiger partial charge on any atom is 0.0900 e.